The molecule has 224 valence electrons. The lowest BCUT2D eigenvalue weighted by molar-refractivity contribution is 0.0697. The van der Waals surface area contributed by atoms with Gasteiger partial charge in [-0.1, -0.05) is 6.07 Å². The van der Waals surface area contributed by atoms with Crippen molar-refractivity contribution in [1.29, 1.82) is 10.5 Å². The molecule has 6 rings (SSSR count). The Kier molecular flexibility index (Phi) is 7.65. The van der Waals surface area contributed by atoms with E-state index in [2.05, 4.69) is 21.0 Å². The summed E-state index contributed by atoms with van der Waals surface area (Å²) in [4.78, 5) is 24.4. The van der Waals surface area contributed by atoms with E-state index in [1.807, 2.05) is 10.6 Å². The van der Waals surface area contributed by atoms with Gasteiger partial charge in [-0.05, 0) is 66.9 Å². The first-order chi connectivity index (χ1) is 21.7. The van der Waals surface area contributed by atoms with Gasteiger partial charge in [0.1, 0.15) is 29.9 Å². The van der Waals surface area contributed by atoms with Gasteiger partial charge in [-0.2, -0.15) is 15.5 Å². The fraction of sp³-hybridized carbons (Fsp3) is 0.212. The van der Waals surface area contributed by atoms with Crippen molar-refractivity contribution in [2.75, 3.05) is 0 Å². The summed E-state index contributed by atoms with van der Waals surface area (Å²) in [6, 6.07) is 15.8. The molecule has 2 heterocycles. The molecule has 1 aliphatic carbocycles. The molecule has 5 aromatic rings. The van der Waals surface area contributed by atoms with Crippen molar-refractivity contribution in [3.8, 4) is 29.4 Å². The van der Waals surface area contributed by atoms with Crippen LogP contribution < -0.4 is 4.74 Å². The fourth-order valence-corrected chi connectivity index (χ4v) is 5.21. The number of carboxylic acids is 1. The Morgan fingerprint density at radius 2 is 1.78 bits per heavy atom. The molecule has 0 atom stereocenters. The number of carboxylic acid groups (broad SMARTS) is 1. The van der Waals surface area contributed by atoms with Gasteiger partial charge in [-0.3, -0.25) is 0 Å². The monoisotopic (exact) mass is 608 g/mol. The fourth-order valence-electron chi connectivity index (χ4n) is 5.21. The highest BCUT2D eigenvalue weighted by molar-refractivity contribution is 5.92. The maximum absolute atomic E-state index is 15.5. The van der Waals surface area contributed by atoms with Gasteiger partial charge < -0.3 is 14.4 Å². The van der Waals surface area contributed by atoms with Crippen LogP contribution in [0.15, 0.2) is 60.8 Å². The zero-order valence-corrected chi connectivity index (χ0v) is 23.6. The van der Waals surface area contributed by atoms with Crippen molar-refractivity contribution < 1.29 is 27.8 Å². The average molecular weight is 609 g/mol. The molecule has 1 saturated carbocycles. The van der Waals surface area contributed by atoms with Gasteiger partial charge in [0.25, 0.3) is 0 Å². The second kappa shape index (κ2) is 11.7. The lowest BCUT2D eigenvalue weighted by atomic mass is 10.0. The van der Waals surface area contributed by atoms with Gasteiger partial charge in [0.15, 0.2) is 0 Å². The molecule has 1 aliphatic rings. The molecule has 45 heavy (non-hydrogen) atoms. The van der Waals surface area contributed by atoms with Crippen molar-refractivity contribution in [2.45, 2.75) is 38.8 Å². The maximum atomic E-state index is 15.5. The standard InChI is InChI=1S/C33H23F3N6O3/c34-24-11-19(16-38)1-2-21(24)17-45-32-39-10-5-27(41-32)23-15-25(35)22(12-26(23)36)14-30-40-28-4-3-20(31(43)44)13-29(28)42(30)18-33(6-7-33)8-9-37/h1-5,10-13,15H,6-8,14,17-18H2,(H,43,44). The molecular formula is C33H23F3N6O3. The van der Waals surface area contributed by atoms with Crippen molar-refractivity contribution in [1.82, 2.24) is 19.5 Å². The van der Waals surface area contributed by atoms with Crippen LogP contribution >= 0.6 is 0 Å². The largest absolute Gasteiger partial charge is 0.478 e. The molecule has 2 aromatic heterocycles. The van der Waals surface area contributed by atoms with Crippen LogP contribution in [0.3, 0.4) is 0 Å². The Morgan fingerprint density at radius 3 is 2.49 bits per heavy atom. The van der Waals surface area contributed by atoms with Crippen molar-refractivity contribution >= 4 is 17.0 Å². The lowest BCUT2D eigenvalue weighted by Gasteiger charge is -2.16. The third kappa shape index (κ3) is 6.04. The molecule has 0 saturated heterocycles. The van der Waals surface area contributed by atoms with E-state index in [1.165, 1.54) is 36.5 Å². The third-order valence-corrected chi connectivity index (χ3v) is 7.91. The number of hydrogen-bond donors (Lipinski definition) is 1. The highest BCUT2D eigenvalue weighted by atomic mass is 19.1. The number of ether oxygens (including phenoxy) is 1. The van der Waals surface area contributed by atoms with Gasteiger partial charge in [0.05, 0.1) is 40.0 Å². The molecule has 0 unspecified atom stereocenters. The van der Waals surface area contributed by atoms with E-state index in [0.29, 0.717) is 29.8 Å². The van der Waals surface area contributed by atoms with Crippen LogP contribution in [-0.4, -0.2) is 30.6 Å². The van der Waals surface area contributed by atoms with Crippen LogP contribution in [0.4, 0.5) is 13.2 Å². The highest BCUT2D eigenvalue weighted by Gasteiger charge is 2.43. The number of hydrogen-bond acceptors (Lipinski definition) is 7. The second-order valence-electron chi connectivity index (χ2n) is 11.0. The van der Waals surface area contributed by atoms with E-state index in [9.17, 15) is 19.6 Å². The molecule has 0 aliphatic heterocycles. The normalized spacial score (nSPS) is 13.3. The number of imidazole rings is 1. The molecule has 0 amide bonds. The van der Waals surface area contributed by atoms with Crippen LogP contribution in [0, 0.1) is 45.5 Å². The Balaban J connectivity index is 1.28. The molecule has 0 bridgehead atoms. The first-order valence-corrected chi connectivity index (χ1v) is 13.9. The summed E-state index contributed by atoms with van der Waals surface area (Å²) in [5.41, 5.74) is 1.09. The van der Waals surface area contributed by atoms with Crippen LogP contribution in [0.1, 0.15) is 52.1 Å². The zero-order valence-electron chi connectivity index (χ0n) is 23.6. The predicted octanol–water partition coefficient (Wildman–Crippen LogP) is 6.34. The molecule has 12 heteroatoms. The van der Waals surface area contributed by atoms with Crippen LogP contribution in [0.2, 0.25) is 0 Å². The number of fused-ring (bicyclic) bond motifs is 1. The quantitative estimate of drug-likeness (QED) is 0.194. The first kappa shape index (κ1) is 29.3. The average Bonchev–Trinajstić information content (AvgIpc) is 3.71. The van der Waals surface area contributed by atoms with Crippen molar-refractivity contribution in [3.63, 3.8) is 0 Å². The van der Waals surface area contributed by atoms with Gasteiger partial charge >= 0.3 is 12.0 Å². The third-order valence-electron chi connectivity index (χ3n) is 7.91. The molecule has 0 spiro atoms. The Labute approximate surface area is 254 Å². The van der Waals surface area contributed by atoms with Crippen LogP contribution in [0.5, 0.6) is 6.01 Å². The Morgan fingerprint density at radius 1 is 0.978 bits per heavy atom. The Hall–Kier alpha value is -5.75. The minimum atomic E-state index is -1.10. The summed E-state index contributed by atoms with van der Waals surface area (Å²) in [7, 11) is 0. The molecule has 1 fully saturated rings. The van der Waals surface area contributed by atoms with E-state index < -0.39 is 23.4 Å². The number of carbonyl (C=O) groups is 1. The highest BCUT2D eigenvalue weighted by Crippen LogP contribution is 2.50. The van der Waals surface area contributed by atoms with E-state index in [0.717, 1.165) is 31.0 Å². The number of nitrogens with zero attached hydrogens (tertiary/aromatic N) is 6. The smallest absolute Gasteiger partial charge is 0.335 e. The van der Waals surface area contributed by atoms with E-state index in [4.69, 9.17) is 10.00 Å². The zero-order chi connectivity index (χ0) is 31.7. The number of benzene rings is 3. The lowest BCUT2D eigenvalue weighted by Crippen LogP contribution is -2.15. The van der Waals surface area contributed by atoms with Gasteiger partial charge in [-0.25, -0.2) is 27.9 Å². The molecule has 9 nitrogen and oxygen atoms in total. The summed E-state index contributed by atoms with van der Waals surface area (Å²) in [5, 5.41) is 27.8. The number of aromatic nitrogens is 4. The van der Waals surface area contributed by atoms with E-state index in [-0.39, 0.29) is 58.0 Å². The number of aromatic carboxylic acids is 1. The summed E-state index contributed by atoms with van der Waals surface area (Å²) >= 11 is 0. The summed E-state index contributed by atoms with van der Waals surface area (Å²) < 4.78 is 52.5. The van der Waals surface area contributed by atoms with Gasteiger partial charge in [0.2, 0.25) is 0 Å². The number of rotatable bonds is 10. The second-order valence-corrected chi connectivity index (χ2v) is 11.0. The van der Waals surface area contributed by atoms with Gasteiger partial charge in [0, 0.05) is 42.1 Å². The molecule has 1 N–H and O–H groups in total. The van der Waals surface area contributed by atoms with Gasteiger partial charge in [-0.15, -0.1) is 0 Å². The molecule has 0 radical (unpaired) electrons. The van der Waals surface area contributed by atoms with E-state index >= 15 is 8.78 Å². The first-order valence-electron chi connectivity index (χ1n) is 13.9. The van der Waals surface area contributed by atoms with E-state index in [1.54, 1.807) is 6.07 Å². The van der Waals surface area contributed by atoms with Crippen LogP contribution in [0.25, 0.3) is 22.3 Å². The predicted molar refractivity (Wildman–Crippen MR) is 154 cm³/mol. The summed E-state index contributed by atoms with van der Waals surface area (Å²) in [5.74, 6) is -2.80. The minimum absolute atomic E-state index is 0.0261. The SMILES string of the molecule is N#CCC1(Cn2c(Cc3cc(F)c(-c4ccnc(OCc5ccc(C#N)cc5F)n4)cc3F)nc3ccc(C(=O)O)cc32)CC1. The minimum Gasteiger partial charge on any atom is -0.478 e. The summed E-state index contributed by atoms with van der Waals surface area (Å²) in [6.07, 6.45) is 3.18. The topological polar surface area (TPSA) is 138 Å². The Bertz CT molecular complexity index is 2060. The molecular weight excluding hydrogens is 585 g/mol. The van der Waals surface area contributed by atoms with Crippen LogP contribution in [-0.2, 0) is 19.6 Å². The maximum Gasteiger partial charge on any atom is 0.335 e. The molecule has 3 aromatic carbocycles. The number of halogens is 3. The number of nitriles is 2. The van der Waals surface area contributed by atoms with Crippen molar-refractivity contribution in [2.24, 2.45) is 5.41 Å². The van der Waals surface area contributed by atoms with Crippen molar-refractivity contribution in [3.05, 3.63) is 106 Å². The summed E-state index contributed by atoms with van der Waals surface area (Å²) in [6.45, 7) is 0.148.